The second kappa shape index (κ2) is 10.5. The normalized spacial score (nSPS) is 12.4. The van der Waals surface area contributed by atoms with Gasteiger partial charge < -0.3 is 18.9 Å². The van der Waals surface area contributed by atoms with Crippen LogP contribution >= 0.6 is 0 Å². The molecular weight excluding hydrogens is 244 g/mol. The molecule has 96 valence electrons. The smallest absolute Gasteiger partial charge is 0.165 e. The largest absolute Gasteiger partial charge is 0.761 e. The lowest BCUT2D eigenvalue weighted by Crippen LogP contribution is -3.02. The molecule has 7 nitrogen and oxygen atoms in total. The highest BCUT2D eigenvalue weighted by Crippen LogP contribution is 1.82. The third-order valence-electron chi connectivity index (χ3n) is 0.167. The van der Waals surface area contributed by atoms with Gasteiger partial charge in [-0.25, -0.2) is 8.42 Å². The van der Waals surface area contributed by atoms with Crippen LogP contribution in [0.25, 0.3) is 0 Å². The molecule has 0 saturated heterocycles. The second-order valence-corrected chi connectivity index (χ2v) is 6.88. The summed E-state index contributed by atoms with van der Waals surface area (Å²) in [6.45, 7) is 0. The lowest BCUT2D eigenvalue weighted by Gasteiger charge is -2.06. The zero-order chi connectivity index (χ0) is 13.2. The summed E-state index contributed by atoms with van der Waals surface area (Å²) in [7, 11) is 3.91. The number of quaternary nitrogens is 2. The Labute approximate surface area is 93.5 Å². The summed E-state index contributed by atoms with van der Waals surface area (Å²) >= 11 is 0. The average molecular weight is 264 g/mol. The topological polar surface area (TPSA) is 106 Å². The van der Waals surface area contributed by atoms with E-state index in [4.69, 9.17) is 21.7 Å². The molecular formula is C6H20N2O5S2. The van der Waals surface area contributed by atoms with E-state index in [-0.39, 0.29) is 0 Å². The SMILES string of the molecule is C[NH+](C)C.C[NH+](C)C.O=S([O-])S(=O)(=O)[O-]. The van der Waals surface area contributed by atoms with Gasteiger partial charge in [0.2, 0.25) is 0 Å². The van der Waals surface area contributed by atoms with Crippen molar-refractivity contribution in [3.63, 3.8) is 0 Å². The van der Waals surface area contributed by atoms with Gasteiger partial charge in [-0.3, -0.25) is 4.21 Å². The summed E-state index contributed by atoms with van der Waals surface area (Å²) in [5.74, 6) is 0. The van der Waals surface area contributed by atoms with Crippen molar-refractivity contribution in [1.29, 1.82) is 0 Å². The molecule has 0 aliphatic rings. The fourth-order valence-corrected chi connectivity index (χ4v) is 0. The van der Waals surface area contributed by atoms with Gasteiger partial charge in [0.15, 0.2) is 9.15 Å². The van der Waals surface area contributed by atoms with Crippen LogP contribution in [0.15, 0.2) is 0 Å². The van der Waals surface area contributed by atoms with Crippen molar-refractivity contribution in [1.82, 2.24) is 0 Å². The summed E-state index contributed by atoms with van der Waals surface area (Å²) in [5, 5.41) is 0. The highest BCUT2D eigenvalue weighted by atomic mass is 33.2. The Bertz CT molecular complexity index is 239. The summed E-state index contributed by atoms with van der Waals surface area (Å²) in [6, 6.07) is 0. The van der Waals surface area contributed by atoms with Gasteiger partial charge in [-0.2, -0.15) is 0 Å². The van der Waals surface area contributed by atoms with Crippen LogP contribution in [0.5, 0.6) is 0 Å². The van der Waals surface area contributed by atoms with Gasteiger partial charge >= 0.3 is 0 Å². The summed E-state index contributed by atoms with van der Waals surface area (Å²) in [4.78, 5) is 2.83. The molecule has 1 atom stereocenters. The highest BCUT2D eigenvalue weighted by molar-refractivity contribution is 8.59. The third-order valence-corrected chi connectivity index (χ3v) is 1.50. The fourth-order valence-electron chi connectivity index (χ4n) is 0. The van der Waals surface area contributed by atoms with Crippen molar-refractivity contribution < 1.29 is 31.5 Å². The Morgan fingerprint density at radius 3 is 1.00 bits per heavy atom. The zero-order valence-corrected chi connectivity index (χ0v) is 11.5. The van der Waals surface area contributed by atoms with Crippen LogP contribution in [0.3, 0.4) is 0 Å². The van der Waals surface area contributed by atoms with Crippen molar-refractivity contribution in [3.05, 3.63) is 0 Å². The van der Waals surface area contributed by atoms with Crippen LogP contribution in [-0.4, -0.2) is 64.0 Å². The van der Waals surface area contributed by atoms with Gasteiger partial charge in [-0.05, 0) is 0 Å². The van der Waals surface area contributed by atoms with Crippen LogP contribution < -0.4 is 9.80 Å². The summed E-state index contributed by atoms with van der Waals surface area (Å²) < 4.78 is 45.7. The van der Waals surface area contributed by atoms with Crippen molar-refractivity contribution in [2.75, 3.05) is 42.3 Å². The van der Waals surface area contributed by atoms with E-state index in [0.29, 0.717) is 0 Å². The molecule has 0 aliphatic carbocycles. The van der Waals surface area contributed by atoms with Gasteiger partial charge in [0.25, 0.3) is 0 Å². The number of nitrogens with one attached hydrogen (secondary N) is 2. The van der Waals surface area contributed by atoms with E-state index in [1.165, 1.54) is 9.80 Å². The monoisotopic (exact) mass is 264 g/mol. The van der Waals surface area contributed by atoms with E-state index < -0.39 is 19.3 Å². The first-order chi connectivity index (χ1) is 6.41. The fraction of sp³-hybridized carbons (Fsp3) is 1.00. The lowest BCUT2D eigenvalue weighted by atomic mass is 11.0. The molecule has 0 spiro atoms. The van der Waals surface area contributed by atoms with E-state index in [1.807, 2.05) is 0 Å². The minimum Gasteiger partial charge on any atom is -0.761 e. The zero-order valence-electron chi connectivity index (χ0n) is 9.86. The Morgan fingerprint density at radius 1 is 0.933 bits per heavy atom. The van der Waals surface area contributed by atoms with Crippen LogP contribution in [0.2, 0.25) is 0 Å². The Hall–Kier alpha value is -0.0600. The number of rotatable bonds is 1. The van der Waals surface area contributed by atoms with Gasteiger partial charge in [0.05, 0.1) is 52.4 Å². The molecule has 0 aromatic heterocycles. The van der Waals surface area contributed by atoms with Crippen molar-refractivity contribution in [2.24, 2.45) is 0 Å². The molecule has 0 radical (unpaired) electrons. The average Bonchev–Trinajstić information content (AvgIpc) is 1.80. The first kappa shape index (κ1) is 20.4. The van der Waals surface area contributed by atoms with Crippen molar-refractivity contribution >= 4 is 19.3 Å². The van der Waals surface area contributed by atoms with Gasteiger partial charge in [-0.1, -0.05) is 0 Å². The van der Waals surface area contributed by atoms with E-state index in [0.717, 1.165) is 0 Å². The van der Waals surface area contributed by atoms with Crippen LogP contribution in [-0.2, 0) is 19.3 Å². The molecule has 0 fully saturated rings. The molecule has 0 aliphatic heterocycles. The first-order valence-electron chi connectivity index (χ1n) is 4.00. The van der Waals surface area contributed by atoms with Crippen molar-refractivity contribution in [2.45, 2.75) is 0 Å². The van der Waals surface area contributed by atoms with E-state index in [2.05, 4.69) is 42.3 Å². The minimum absolute atomic E-state index is 1.42. The number of hydrogen-bond donors (Lipinski definition) is 2. The molecule has 1 unspecified atom stereocenters. The quantitative estimate of drug-likeness (QED) is 0.284. The van der Waals surface area contributed by atoms with Gasteiger partial charge in [0, 0.05) is 0 Å². The molecule has 0 heterocycles. The maximum absolute atomic E-state index is 9.16. The standard InChI is InChI=1S/2C3H9N.H2O5S2/c2*1-4(2)3;1-6(2)7(3,4)5/h2*1-3H3;(H,1,2)(H,3,4,5). The Kier molecular flexibility index (Phi) is 14.2. The molecule has 15 heavy (non-hydrogen) atoms. The van der Waals surface area contributed by atoms with Crippen LogP contribution in [0.1, 0.15) is 0 Å². The van der Waals surface area contributed by atoms with Crippen LogP contribution in [0.4, 0.5) is 0 Å². The van der Waals surface area contributed by atoms with E-state index >= 15 is 0 Å². The highest BCUT2D eigenvalue weighted by Gasteiger charge is 1.87. The lowest BCUT2D eigenvalue weighted by molar-refractivity contribution is -0.836. The van der Waals surface area contributed by atoms with Crippen LogP contribution in [0, 0.1) is 0 Å². The Morgan fingerprint density at radius 2 is 1.00 bits per heavy atom. The van der Waals surface area contributed by atoms with Crippen molar-refractivity contribution in [3.8, 4) is 0 Å². The first-order valence-corrected chi connectivity index (χ1v) is 7.00. The molecule has 0 aromatic carbocycles. The predicted octanol–water partition coefficient (Wildman–Crippen LogP) is -4.15. The Balaban J connectivity index is -0.000000155. The molecule has 0 rings (SSSR count). The maximum Gasteiger partial charge on any atom is 0.165 e. The maximum atomic E-state index is 9.16. The minimum atomic E-state index is -5.07. The molecule has 2 N–H and O–H groups in total. The predicted molar refractivity (Wildman–Crippen MR) is 56.1 cm³/mol. The molecule has 0 aromatic rings. The molecule has 9 heteroatoms. The third kappa shape index (κ3) is 56.3. The summed E-state index contributed by atoms with van der Waals surface area (Å²) in [6.07, 6.45) is 0. The van der Waals surface area contributed by atoms with Gasteiger partial charge in [-0.15, -0.1) is 0 Å². The van der Waals surface area contributed by atoms with Gasteiger partial charge in [0.1, 0.15) is 0 Å². The molecule has 0 amide bonds. The second-order valence-electron chi connectivity index (χ2n) is 3.61. The molecule has 0 bridgehead atoms. The van der Waals surface area contributed by atoms with E-state index in [9.17, 15) is 0 Å². The molecule has 0 saturated carbocycles. The number of hydrogen-bond acceptors (Lipinski definition) is 5. The van der Waals surface area contributed by atoms with E-state index in [1.54, 1.807) is 0 Å². The summed E-state index contributed by atoms with van der Waals surface area (Å²) in [5.41, 5.74) is 0.